The summed E-state index contributed by atoms with van der Waals surface area (Å²) < 4.78 is 11.4. The zero-order valence-corrected chi connectivity index (χ0v) is 18.3. The smallest absolute Gasteiger partial charge is 0.230 e. The van der Waals surface area contributed by atoms with E-state index in [-0.39, 0.29) is 24.2 Å². The molecule has 31 heavy (non-hydrogen) atoms. The highest BCUT2D eigenvalue weighted by molar-refractivity contribution is 6.32. The summed E-state index contributed by atoms with van der Waals surface area (Å²) in [4.78, 5) is 31.7. The third-order valence-electron chi connectivity index (χ3n) is 5.50. The number of carbonyl (C=O) groups is 2. The van der Waals surface area contributed by atoms with E-state index in [1.54, 1.807) is 17.0 Å². The van der Waals surface area contributed by atoms with Crippen molar-refractivity contribution in [3.63, 3.8) is 0 Å². The number of benzene rings is 1. The first-order valence-electron chi connectivity index (χ1n) is 10.6. The summed E-state index contributed by atoms with van der Waals surface area (Å²) in [5.74, 6) is 1.26. The molecular weight excluding hydrogens is 418 g/mol. The van der Waals surface area contributed by atoms with E-state index in [1.807, 2.05) is 25.1 Å². The van der Waals surface area contributed by atoms with Gasteiger partial charge in [0.05, 0.1) is 30.6 Å². The number of likely N-dealkylation sites (tertiary alicyclic amines) is 1. The van der Waals surface area contributed by atoms with Gasteiger partial charge in [-0.1, -0.05) is 17.7 Å². The first-order chi connectivity index (χ1) is 15.0. The number of hydrogen-bond acceptors (Lipinski definition) is 5. The Labute approximate surface area is 186 Å². The standard InChI is InChI=1S/C23H26ClN3O4/c1-15-5-2-7-20(25-15)26-23(29)17-6-3-8-27(14-17)21(28)13-16-11-18(24)22-19(12-16)30-9-4-10-31-22/h2,5,7,11-12,17H,3-4,6,8-10,13-14H2,1H3,(H,25,26,29)/t17-/m1/s1. The lowest BCUT2D eigenvalue weighted by molar-refractivity contribution is -0.133. The Bertz CT molecular complexity index is 981. The molecular formula is C23H26ClN3O4. The zero-order chi connectivity index (χ0) is 21.8. The van der Waals surface area contributed by atoms with Crippen LogP contribution in [0.4, 0.5) is 5.82 Å². The lowest BCUT2D eigenvalue weighted by atomic mass is 9.96. The van der Waals surface area contributed by atoms with Gasteiger partial charge in [0.1, 0.15) is 5.82 Å². The first kappa shape index (κ1) is 21.4. The third-order valence-corrected chi connectivity index (χ3v) is 5.78. The second-order valence-electron chi connectivity index (χ2n) is 7.96. The van der Waals surface area contributed by atoms with Crippen molar-refractivity contribution < 1.29 is 19.1 Å². The Kier molecular flexibility index (Phi) is 6.61. The minimum atomic E-state index is -0.257. The van der Waals surface area contributed by atoms with Gasteiger partial charge >= 0.3 is 0 Å². The maximum Gasteiger partial charge on any atom is 0.230 e. The van der Waals surface area contributed by atoms with Crippen LogP contribution < -0.4 is 14.8 Å². The second-order valence-corrected chi connectivity index (χ2v) is 8.37. The number of fused-ring (bicyclic) bond motifs is 1. The van der Waals surface area contributed by atoms with Crippen LogP contribution in [0.15, 0.2) is 30.3 Å². The van der Waals surface area contributed by atoms with E-state index in [9.17, 15) is 9.59 Å². The number of rotatable bonds is 4. The fraction of sp³-hybridized carbons (Fsp3) is 0.435. The van der Waals surface area contributed by atoms with E-state index < -0.39 is 0 Å². The van der Waals surface area contributed by atoms with E-state index >= 15 is 0 Å². The average molecular weight is 444 g/mol. The van der Waals surface area contributed by atoms with Gasteiger partial charge in [-0.3, -0.25) is 9.59 Å². The summed E-state index contributed by atoms with van der Waals surface area (Å²) in [7, 11) is 0. The number of nitrogens with one attached hydrogen (secondary N) is 1. The molecule has 3 heterocycles. The molecule has 2 aliphatic heterocycles. The highest BCUT2D eigenvalue weighted by Gasteiger charge is 2.29. The molecule has 2 amide bonds. The Hall–Kier alpha value is -2.80. The molecule has 1 atom stereocenters. The van der Waals surface area contributed by atoms with Crippen LogP contribution in [0.2, 0.25) is 5.02 Å². The monoisotopic (exact) mass is 443 g/mol. The van der Waals surface area contributed by atoms with Gasteiger partial charge < -0.3 is 19.7 Å². The fourth-order valence-corrected chi connectivity index (χ4v) is 4.22. The van der Waals surface area contributed by atoms with E-state index in [0.717, 1.165) is 30.5 Å². The molecule has 1 saturated heterocycles. The molecule has 2 aromatic rings. The lowest BCUT2D eigenvalue weighted by Gasteiger charge is -2.32. The largest absolute Gasteiger partial charge is 0.489 e. The molecule has 1 fully saturated rings. The SMILES string of the molecule is Cc1cccc(NC(=O)[C@@H]2CCCN(C(=O)Cc3cc(Cl)c4c(c3)OCCCO4)C2)n1. The Morgan fingerprint density at radius 3 is 2.90 bits per heavy atom. The third kappa shape index (κ3) is 5.28. The number of ether oxygens (including phenoxy) is 2. The van der Waals surface area contributed by atoms with Crippen LogP contribution in [-0.4, -0.2) is 48.0 Å². The molecule has 1 N–H and O–H groups in total. The van der Waals surface area contributed by atoms with E-state index in [0.29, 0.717) is 48.6 Å². The molecule has 7 nitrogen and oxygen atoms in total. The number of aryl methyl sites for hydroxylation is 1. The molecule has 2 aliphatic rings. The van der Waals surface area contributed by atoms with Crippen molar-refractivity contribution >= 4 is 29.2 Å². The number of nitrogens with zero attached hydrogens (tertiary/aromatic N) is 2. The number of hydrogen-bond donors (Lipinski definition) is 1. The van der Waals surface area contributed by atoms with E-state index in [4.69, 9.17) is 21.1 Å². The van der Waals surface area contributed by atoms with Crippen molar-refractivity contribution in [3.8, 4) is 11.5 Å². The summed E-state index contributed by atoms with van der Waals surface area (Å²) in [5, 5.41) is 3.32. The molecule has 164 valence electrons. The van der Waals surface area contributed by atoms with Crippen molar-refractivity contribution in [3.05, 3.63) is 46.6 Å². The van der Waals surface area contributed by atoms with Crippen molar-refractivity contribution in [2.75, 3.05) is 31.6 Å². The second kappa shape index (κ2) is 9.56. The predicted molar refractivity (Wildman–Crippen MR) is 118 cm³/mol. The van der Waals surface area contributed by atoms with Crippen LogP contribution in [0.1, 0.15) is 30.5 Å². The molecule has 4 rings (SSSR count). The van der Waals surface area contributed by atoms with Crippen LogP contribution in [0, 0.1) is 12.8 Å². The van der Waals surface area contributed by atoms with Crippen molar-refractivity contribution in [1.29, 1.82) is 0 Å². The van der Waals surface area contributed by atoms with Crippen LogP contribution in [-0.2, 0) is 16.0 Å². The normalized spacial score (nSPS) is 18.3. The number of carbonyl (C=O) groups excluding carboxylic acids is 2. The number of halogens is 1. The number of amides is 2. The van der Waals surface area contributed by atoms with Gasteiger partial charge in [0.2, 0.25) is 11.8 Å². The zero-order valence-electron chi connectivity index (χ0n) is 17.5. The van der Waals surface area contributed by atoms with Crippen molar-refractivity contribution in [2.24, 2.45) is 5.92 Å². The molecule has 1 aromatic carbocycles. The molecule has 1 aromatic heterocycles. The van der Waals surface area contributed by atoms with E-state index in [1.165, 1.54) is 0 Å². The molecule has 0 spiro atoms. The van der Waals surface area contributed by atoms with Gasteiger partial charge in [-0.05, 0) is 49.6 Å². The van der Waals surface area contributed by atoms with E-state index in [2.05, 4.69) is 10.3 Å². The summed E-state index contributed by atoms with van der Waals surface area (Å²) in [6, 6.07) is 9.08. The van der Waals surface area contributed by atoms with Crippen molar-refractivity contribution in [1.82, 2.24) is 9.88 Å². The van der Waals surface area contributed by atoms with Gasteiger partial charge in [0.25, 0.3) is 0 Å². The van der Waals surface area contributed by atoms with Crippen molar-refractivity contribution in [2.45, 2.75) is 32.6 Å². The van der Waals surface area contributed by atoms with Crippen LogP contribution in [0.25, 0.3) is 0 Å². The number of aromatic nitrogens is 1. The van der Waals surface area contributed by atoms with Gasteiger partial charge in [0.15, 0.2) is 11.5 Å². The summed E-state index contributed by atoms with van der Waals surface area (Å²) in [6.45, 7) is 4.03. The number of anilines is 1. The predicted octanol–water partition coefficient (Wildman–Crippen LogP) is 3.62. The summed E-state index contributed by atoms with van der Waals surface area (Å²) in [5.41, 5.74) is 1.61. The molecule has 0 aliphatic carbocycles. The van der Waals surface area contributed by atoms with Gasteiger partial charge in [0, 0.05) is 25.2 Å². The van der Waals surface area contributed by atoms with Crippen LogP contribution >= 0.6 is 11.6 Å². The number of pyridine rings is 1. The fourth-order valence-electron chi connectivity index (χ4n) is 3.93. The van der Waals surface area contributed by atoms with Gasteiger partial charge in [-0.2, -0.15) is 0 Å². The topological polar surface area (TPSA) is 80.8 Å². The van der Waals surface area contributed by atoms with Crippen LogP contribution in [0.3, 0.4) is 0 Å². The Morgan fingerprint density at radius 2 is 2.06 bits per heavy atom. The Balaban J connectivity index is 1.39. The summed E-state index contributed by atoms with van der Waals surface area (Å²) >= 11 is 6.35. The quantitative estimate of drug-likeness (QED) is 0.780. The minimum absolute atomic E-state index is 0.0308. The summed E-state index contributed by atoms with van der Waals surface area (Å²) in [6.07, 6.45) is 2.52. The lowest BCUT2D eigenvalue weighted by Crippen LogP contribution is -2.44. The molecule has 0 bridgehead atoms. The molecule has 8 heteroatoms. The maximum absolute atomic E-state index is 13.0. The maximum atomic E-state index is 13.0. The average Bonchev–Trinajstić information content (AvgIpc) is 3.00. The number of piperidine rings is 1. The first-order valence-corrected chi connectivity index (χ1v) is 11.0. The minimum Gasteiger partial charge on any atom is -0.489 e. The Morgan fingerprint density at radius 1 is 1.23 bits per heavy atom. The molecule has 0 radical (unpaired) electrons. The highest BCUT2D eigenvalue weighted by Crippen LogP contribution is 2.38. The van der Waals surface area contributed by atoms with Crippen LogP contribution in [0.5, 0.6) is 11.5 Å². The van der Waals surface area contributed by atoms with Gasteiger partial charge in [-0.25, -0.2) is 4.98 Å². The molecule has 0 unspecified atom stereocenters. The molecule has 0 saturated carbocycles. The highest BCUT2D eigenvalue weighted by atomic mass is 35.5. The van der Waals surface area contributed by atoms with Gasteiger partial charge in [-0.15, -0.1) is 0 Å².